The predicted octanol–water partition coefficient (Wildman–Crippen LogP) is 4.86. The van der Waals surface area contributed by atoms with E-state index in [9.17, 15) is 9.36 Å². The topological polar surface area (TPSA) is 61.8 Å². The second kappa shape index (κ2) is 8.98. The Labute approximate surface area is 164 Å². The fourth-order valence-electron chi connectivity index (χ4n) is 2.79. The highest BCUT2D eigenvalue weighted by molar-refractivity contribution is 7.62. The molecule has 0 fully saturated rings. The Kier molecular flexibility index (Phi) is 6.42. The zero-order valence-corrected chi connectivity index (χ0v) is 16.6. The van der Waals surface area contributed by atoms with E-state index in [4.69, 9.17) is 13.8 Å². The number of benzene rings is 3. The van der Waals surface area contributed by atoms with Crippen LogP contribution in [0.2, 0.25) is 0 Å². The van der Waals surface area contributed by atoms with E-state index in [1.165, 1.54) is 14.2 Å². The van der Waals surface area contributed by atoms with E-state index in [1.54, 1.807) is 18.2 Å². The number of ether oxygens (including phenoxy) is 1. The van der Waals surface area contributed by atoms with Gasteiger partial charge in [-0.3, -0.25) is 9.36 Å². The van der Waals surface area contributed by atoms with Gasteiger partial charge >= 0.3 is 7.60 Å². The third-order valence-electron chi connectivity index (χ3n) is 4.38. The summed E-state index contributed by atoms with van der Waals surface area (Å²) in [4.78, 5) is 11.4. The fraction of sp³-hybridized carbons (Fsp3) is 0.136. The van der Waals surface area contributed by atoms with Crippen molar-refractivity contribution in [1.82, 2.24) is 0 Å². The summed E-state index contributed by atoms with van der Waals surface area (Å²) in [7, 11) is -0.575. The summed E-state index contributed by atoms with van der Waals surface area (Å²) in [6.45, 7) is 0.370. The molecule has 0 aliphatic rings. The first-order chi connectivity index (χ1) is 13.6. The van der Waals surface area contributed by atoms with Gasteiger partial charge in [-0.15, -0.1) is 0 Å². The number of hydrogen-bond acceptors (Lipinski definition) is 5. The van der Waals surface area contributed by atoms with Crippen LogP contribution in [0.25, 0.3) is 11.1 Å². The first-order valence-corrected chi connectivity index (χ1v) is 10.2. The Bertz CT molecular complexity index is 976. The Hall–Kier alpha value is -2.72. The van der Waals surface area contributed by atoms with Gasteiger partial charge in [0, 0.05) is 14.2 Å². The maximum absolute atomic E-state index is 12.5. The molecule has 0 bridgehead atoms. The van der Waals surface area contributed by atoms with Crippen molar-refractivity contribution >= 4 is 19.2 Å². The van der Waals surface area contributed by atoms with Crippen molar-refractivity contribution in [3.05, 3.63) is 83.9 Å². The van der Waals surface area contributed by atoms with Crippen LogP contribution in [0.15, 0.2) is 72.8 Å². The van der Waals surface area contributed by atoms with Crippen molar-refractivity contribution in [2.45, 2.75) is 6.61 Å². The van der Waals surface area contributed by atoms with Crippen molar-refractivity contribution in [3.63, 3.8) is 0 Å². The largest absolute Gasteiger partial charge is 0.488 e. The molecular weight excluding hydrogens is 375 g/mol. The average Bonchev–Trinajstić information content (AvgIpc) is 2.77. The van der Waals surface area contributed by atoms with Gasteiger partial charge in [0.25, 0.3) is 0 Å². The van der Waals surface area contributed by atoms with Crippen molar-refractivity contribution in [1.29, 1.82) is 0 Å². The maximum Gasteiger partial charge on any atom is 0.360 e. The first kappa shape index (κ1) is 20.0. The SMILES string of the molecule is COP(=O)(OC)c1ccc(-c2ccc(C=O)c(OCc3ccccc3)c2)cc1. The lowest BCUT2D eigenvalue weighted by Gasteiger charge is -2.14. The van der Waals surface area contributed by atoms with Gasteiger partial charge in [-0.05, 0) is 41.0 Å². The Morgan fingerprint density at radius 3 is 2.11 bits per heavy atom. The normalized spacial score (nSPS) is 11.2. The molecule has 28 heavy (non-hydrogen) atoms. The predicted molar refractivity (Wildman–Crippen MR) is 109 cm³/mol. The molecule has 0 saturated heterocycles. The van der Waals surface area contributed by atoms with Crippen molar-refractivity contribution in [2.75, 3.05) is 14.2 Å². The molecule has 3 aromatic carbocycles. The average molecular weight is 396 g/mol. The molecule has 3 aromatic rings. The number of hydrogen-bond donors (Lipinski definition) is 0. The van der Waals surface area contributed by atoms with E-state index >= 15 is 0 Å². The van der Waals surface area contributed by atoms with Crippen LogP contribution in [-0.2, 0) is 20.2 Å². The molecule has 0 radical (unpaired) electrons. The van der Waals surface area contributed by atoms with Crippen LogP contribution in [0, 0.1) is 0 Å². The molecule has 0 aliphatic carbocycles. The summed E-state index contributed by atoms with van der Waals surface area (Å²) in [6.07, 6.45) is 0.778. The van der Waals surface area contributed by atoms with Crippen LogP contribution >= 0.6 is 7.60 Å². The third kappa shape index (κ3) is 4.39. The zero-order valence-electron chi connectivity index (χ0n) is 15.7. The number of carbonyl (C=O) groups excluding carboxylic acids is 1. The third-order valence-corrected chi connectivity index (χ3v) is 6.27. The summed E-state index contributed by atoms with van der Waals surface area (Å²) < 4.78 is 28.4. The van der Waals surface area contributed by atoms with E-state index in [0.29, 0.717) is 23.2 Å². The quantitative estimate of drug-likeness (QED) is 0.402. The molecule has 0 saturated carbocycles. The lowest BCUT2D eigenvalue weighted by atomic mass is 10.0. The minimum atomic E-state index is -3.28. The van der Waals surface area contributed by atoms with Crippen molar-refractivity contribution in [3.8, 4) is 16.9 Å². The Balaban J connectivity index is 1.86. The monoisotopic (exact) mass is 396 g/mol. The molecule has 0 spiro atoms. The zero-order chi connectivity index (χ0) is 20.0. The smallest absolute Gasteiger partial charge is 0.360 e. The van der Waals surface area contributed by atoms with Gasteiger partial charge in [0.1, 0.15) is 12.4 Å². The van der Waals surface area contributed by atoms with Gasteiger partial charge in [0.15, 0.2) is 6.29 Å². The molecule has 0 N–H and O–H groups in total. The molecule has 3 rings (SSSR count). The van der Waals surface area contributed by atoms with Crippen LogP contribution < -0.4 is 10.0 Å². The van der Waals surface area contributed by atoms with E-state index < -0.39 is 7.60 Å². The molecule has 0 unspecified atom stereocenters. The summed E-state index contributed by atoms with van der Waals surface area (Å²) in [5.41, 5.74) is 3.28. The summed E-state index contributed by atoms with van der Waals surface area (Å²) in [5, 5.41) is 0.478. The van der Waals surface area contributed by atoms with Crippen molar-refractivity contribution in [2.24, 2.45) is 0 Å². The molecule has 0 aliphatic heterocycles. The van der Waals surface area contributed by atoms with Gasteiger partial charge in [-0.1, -0.05) is 48.5 Å². The highest BCUT2D eigenvalue weighted by Crippen LogP contribution is 2.45. The highest BCUT2D eigenvalue weighted by Gasteiger charge is 2.24. The molecule has 0 heterocycles. The Morgan fingerprint density at radius 2 is 1.50 bits per heavy atom. The minimum Gasteiger partial charge on any atom is -0.488 e. The van der Waals surface area contributed by atoms with E-state index in [2.05, 4.69) is 0 Å². The minimum absolute atomic E-state index is 0.370. The second-order valence-corrected chi connectivity index (χ2v) is 8.30. The lowest BCUT2D eigenvalue weighted by Crippen LogP contribution is -2.07. The van der Waals surface area contributed by atoms with Gasteiger partial charge in [-0.25, -0.2) is 0 Å². The van der Waals surface area contributed by atoms with Crippen LogP contribution in [-0.4, -0.2) is 20.5 Å². The second-order valence-electron chi connectivity index (χ2n) is 6.05. The summed E-state index contributed by atoms with van der Waals surface area (Å²) in [6, 6.07) is 22.2. The fourth-order valence-corrected chi connectivity index (χ4v) is 3.88. The molecular formula is C22H21O5P. The van der Waals surface area contributed by atoms with E-state index in [1.807, 2.05) is 54.6 Å². The standard InChI is InChI=1S/C22H21O5P/c1-25-28(24,26-2)21-12-10-18(11-13-21)19-8-9-20(15-23)22(14-19)27-16-17-6-4-3-5-7-17/h3-15H,16H2,1-2H3. The first-order valence-electron chi connectivity index (χ1n) is 8.68. The number of rotatable bonds is 8. The Morgan fingerprint density at radius 1 is 0.857 bits per heavy atom. The van der Waals surface area contributed by atoms with Gasteiger partial charge in [0.2, 0.25) is 0 Å². The highest BCUT2D eigenvalue weighted by atomic mass is 31.2. The summed E-state index contributed by atoms with van der Waals surface area (Å²) >= 11 is 0. The molecule has 144 valence electrons. The van der Waals surface area contributed by atoms with Crippen LogP contribution in [0.5, 0.6) is 5.75 Å². The van der Waals surface area contributed by atoms with Crippen molar-refractivity contribution < 1.29 is 23.1 Å². The molecule has 0 amide bonds. The summed E-state index contributed by atoms with van der Waals surface area (Å²) in [5.74, 6) is 0.514. The lowest BCUT2D eigenvalue weighted by molar-refractivity contribution is 0.111. The number of carbonyl (C=O) groups is 1. The molecule has 0 aromatic heterocycles. The number of aldehydes is 1. The van der Waals surface area contributed by atoms with Gasteiger partial charge in [0.05, 0.1) is 10.9 Å². The van der Waals surface area contributed by atoms with Gasteiger partial charge < -0.3 is 13.8 Å². The van der Waals surface area contributed by atoms with Crippen LogP contribution in [0.1, 0.15) is 15.9 Å². The molecule has 5 nitrogen and oxygen atoms in total. The van der Waals surface area contributed by atoms with E-state index in [-0.39, 0.29) is 0 Å². The van der Waals surface area contributed by atoms with E-state index in [0.717, 1.165) is 23.0 Å². The maximum atomic E-state index is 12.5. The van der Waals surface area contributed by atoms with Crippen LogP contribution in [0.3, 0.4) is 0 Å². The van der Waals surface area contributed by atoms with Gasteiger partial charge in [-0.2, -0.15) is 0 Å². The molecule has 6 heteroatoms. The van der Waals surface area contributed by atoms with Crippen LogP contribution in [0.4, 0.5) is 0 Å². The molecule has 0 atom stereocenters.